The van der Waals surface area contributed by atoms with Crippen molar-refractivity contribution in [1.29, 1.82) is 0 Å². The minimum atomic E-state index is -3.19. The zero-order valence-corrected chi connectivity index (χ0v) is 20.2. The average Bonchev–Trinajstić information content (AvgIpc) is 3.32. The largest absolute Gasteiger partial charge is 0.497 e. The highest BCUT2D eigenvalue weighted by Crippen LogP contribution is 2.37. The van der Waals surface area contributed by atoms with Crippen molar-refractivity contribution in [2.45, 2.75) is 5.66 Å². The number of alkyl halides is 2. The van der Waals surface area contributed by atoms with Gasteiger partial charge in [-0.25, -0.2) is 9.48 Å². The van der Waals surface area contributed by atoms with Gasteiger partial charge in [-0.1, -0.05) is 9.24 Å². The average molecular weight is 506 g/mol. The molecule has 1 heterocycles. The molecule has 0 spiro atoms. The fourth-order valence-electron chi connectivity index (χ4n) is 3.04. The summed E-state index contributed by atoms with van der Waals surface area (Å²) in [6.07, 6.45) is -0.696. The van der Waals surface area contributed by atoms with E-state index in [4.69, 9.17) is 9.47 Å². The number of carbonyl (C=O) groups is 2. The molecule has 0 aliphatic carbocycles. The van der Waals surface area contributed by atoms with Crippen molar-refractivity contribution in [3.05, 3.63) is 60.3 Å². The lowest BCUT2D eigenvalue weighted by Gasteiger charge is -2.11. The van der Waals surface area contributed by atoms with Gasteiger partial charge in [-0.3, -0.25) is 4.79 Å². The number of aromatic nitrogens is 2. The number of halogens is 2. The lowest BCUT2D eigenvalue weighted by molar-refractivity contribution is -0.120. The van der Waals surface area contributed by atoms with E-state index in [9.17, 15) is 18.4 Å². The molecule has 0 aliphatic rings. The summed E-state index contributed by atoms with van der Waals surface area (Å²) >= 11 is 0. The van der Waals surface area contributed by atoms with Gasteiger partial charge in [0.05, 0.1) is 38.7 Å². The summed E-state index contributed by atoms with van der Waals surface area (Å²) in [6, 6.07) is 15.1. The Morgan fingerprint density at radius 1 is 1.03 bits per heavy atom. The lowest BCUT2D eigenvalue weighted by atomic mass is 10.1. The van der Waals surface area contributed by atoms with Crippen LogP contribution in [0.4, 0.5) is 13.6 Å². The second-order valence-corrected chi connectivity index (χ2v) is 7.94. The molecule has 3 rings (SSSR count). The van der Waals surface area contributed by atoms with E-state index in [2.05, 4.69) is 20.5 Å². The minimum absolute atomic E-state index is 0.191. The molecule has 0 bridgehead atoms. The van der Waals surface area contributed by atoms with Crippen LogP contribution in [-0.2, 0) is 15.2 Å². The molecule has 12 heteroatoms. The molecule has 9 nitrogen and oxygen atoms in total. The highest BCUT2D eigenvalue weighted by molar-refractivity contribution is 7.17. The summed E-state index contributed by atoms with van der Waals surface area (Å²) < 4.78 is 44.6. The van der Waals surface area contributed by atoms with E-state index in [1.807, 2.05) is 0 Å². The van der Waals surface area contributed by atoms with E-state index in [-0.39, 0.29) is 31.3 Å². The van der Waals surface area contributed by atoms with Crippen LogP contribution in [0.15, 0.2) is 54.6 Å². The summed E-state index contributed by atoms with van der Waals surface area (Å²) in [7, 11) is 4.25. The van der Waals surface area contributed by atoms with Crippen LogP contribution in [0.3, 0.4) is 0 Å². The van der Waals surface area contributed by atoms with Crippen LogP contribution in [0.25, 0.3) is 16.9 Å². The Kier molecular flexibility index (Phi) is 8.59. The SMILES string of the molecule is COC(=O)NCC(=O)NCCOc1ccc(-c2cc(C(F)(F)P)nn2-c2ccc(OC)cc2)cc1. The number of benzene rings is 2. The van der Waals surface area contributed by atoms with Gasteiger partial charge in [-0.15, -0.1) is 0 Å². The van der Waals surface area contributed by atoms with Gasteiger partial charge in [-0.2, -0.15) is 13.9 Å². The van der Waals surface area contributed by atoms with Crippen molar-refractivity contribution in [3.8, 4) is 28.4 Å². The Hall–Kier alpha value is -3.72. The van der Waals surface area contributed by atoms with Crippen molar-refractivity contribution in [2.75, 3.05) is 33.9 Å². The molecule has 35 heavy (non-hydrogen) atoms. The van der Waals surface area contributed by atoms with Gasteiger partial charge in [0.2, 0.25) is 5.91 Å². The highest BCUT2D eigenvalue weighted by Gasteiger charge is 2.30. The summed E-state index contributed by atoms with van der Waals surface area (Å²) in [6.45, 7) is 0.206. The molecule has 0 fully saturated rings. The molecule has 0 saturated carbocycles. The van der Waals surface area contributed by atoms with Crippen molar-refractivity contribution < 1.29 is 32.6 Å². The van der Waals surface area contributed by atoms with Crippen LogP contribution in [0, 0.1) is 0 Å². The highest BCUT2D eigenvalue weighted by atomic mass is 31.0. The molecule has 2 amide bonds. The van der Waals surface area contributed by atoms with Crippen LogP contribution < -0.4 is 20.1 Å². The third-order valence-corrected chi connectivity index (χ3v) is 5.09. The molecule has 2 aromatic carbocycles. The predicted octanol–water partition coefficient (Wildman–Crippen LogP) is 3.32. The second kappa shape index (κ2) is 11.6. The minimum Gasteiger partial charge on any atom is -0.497 e. The molecule has 3 aromatic rings. The number of amides is 2. The maximum Gasteiger partial charge on any atom is 0.407 e. The van der Waals surface area contributed by atoms with E-state index in [1.54, 1.807) is 55.6 Å². The second-order valence-electron chi connectivity index (χ2n) is 7.22. The summed E-state index contributed by atoms with van der Waals surface area (Å²) in [5.41, 5.74) is -1.84. The summed E-state index contributed by atoms with van der Waals surface area (Å²) in [5, 5.41) is 8.98. The Bertz CT molecular complexity index is 1150. The van der Waals surface area contributed by atoms with E-state index < -0.39 is 11.8 Å². The Morgan fingerprint density at radius 3 is 2.29 bits per heavy atom. The van der Waals surface area contributed by atoms with Crippen LogP contribution in [0.1, 0.15) is 5.69 Å². The molecule has 1 unspecified atom stereocenters. The zero-order valence-electron chi connectivity index (χ0n) is 19.1. The van der Waals surface area contributed by atoms with Crippen LogP contribution in [0.5, 0.6) is 11.5 Å². The topological polar surface area (TPSA) is 104 Å². The molecule has 2 N–H and O–H groups in total. The first-order valence-corrected chi connectivity index (χ1v) is 11.0. The summed E-state index contributed by atoms with van der Waals surface area (Å²) in [4.78, 5) is 22.6. The molecule has 0 radical (unpaired) electrons. The fraction of sp³-hybridized carbons (Fsp3) is 0.261. The first-order valence-electron chi connectivity index (χ1n) is 10.4. The number of methoxy groups -OCH3 is 2. The maximum atomic E-state index is 14.0. The number of carbonyl (C=O) groups excluding carboxylic acids is 2. The van der Waals surface area contributed by atoms with E-state index in [0.29, 0.717) is 28.4 Å². The van der Waals surface area contributed by atoms with Crippen LogP contribution >= 0.6 is 9.24 Å². The number of nitrogens with zero attached hydrogens (tertiary/aromatic N) is 2. The van der Waals surface area contributed by atoms with E-state index in [1.165, 1.54) is 27.1 Å². The van der Waals surface area contributed by atoms with Crippen molar-refractivity contribution in [2.24, 2.45) is 0 Å². The molecule has 0 aliphatic heterocycles. The predicted molar refractivity (Wildman–Crippen MR) is 128 cm³/mol. The van der Waals surface area contributed by atoms with Gasteiger partial charge >= 0.3 is 11.8 Å². The normalized spacial score (nSPS) is 11.0. The standard InChI is InChI=1S/C23H25F2N4O5P/c1-32-17-9-5-16(6-10-17)29-19(13-20(28-29)23(24,25)35)15-3-7-18(8-4-15)34-12-11-26-21(30)14-27-22(31)33-2/h3-10,13H,11-12,14,35H2,1-2H3,(H,26,30)(H,27,31). The summed E-state index contributed by atoms with van der Waals surface area (Å²) in [5.74, 6) is 0.780. The van der Waals surface area contributed by atoms with E-state index >= 15 is 0 Å². The van der Waals surface area contributed by atoms with Gasteiger partial charge in [-0.05, 0) is 54.6 Å². The lowest BCUT2D eigenvalue weighted by Crippen LogP contribution is -2.38. The Labute approximate surface area is 202 Å². The fourth-order valence-corrected chi connectivity index (χ4v) is 3.18. The van der Waals surface area contributed by atoms with Crippen molar-refractivity contribution >= 4 is 21.2 Å². The number of hydrogen-bond donors (Lipinski definition) is 2. The van der Waals surface area contributed by atoms with Gasteiger partial charge in [0.15, 0.2) is 0 Å². The van der Waals surface area contributed by atoms with Crippen LogP contribution in [-0.4, -0.2) is 55.7 Å². The number of hydrogen-bond acceptors (Lipinski definition) is 6. The quantitative estimate of drug-likeness (QED) is 0.323. The first kappa shape index (κ1) is 25.9. The van der Waals surface area contributed by atoms with E-state index in [0.717, 1.165) is 0 Å². The molecular weight excluding hydrogens is 481 g/mol. The van der Waals surface area contributed by atoms with Crippen molar-refractivity contribution in [1.82, 2.24) is 20.4 Å². The number of alkyl carbamates (subject to hydrolysis) is 1. The smallest absolute Gasteiger partial charge is 0.407 e. The van der Waals surface area contributed by atoms with Gasteiger partial charge in [0.25, 0.3) is 0 Å². The maximum absolute atomic E-state index is 14.0. The van der Waals surface area contributed by atoms with Gasteiger partial charge in [0, 0.05) is 5.56 Å². The Balaban J connectivity index is 1.67. The Morgan fingerprint density at radius 2 is 1.69 bits per heavy atom. The number of rotatable bonds is 10. The number of nitrogens with one attached hydrogen (secondary N) is 2. The van der Waals surface area contributed by atoms with Gasteiger partial charge in [0.1, 0.15) is 23.8 Å². The first-order chi connectivity index (χ1) is 16.7. The number of ether oxygens (including phenoxy) is 3. The third kappa shape index (κ3) is 7.13. The molecule has 0 saturated heterocycles. The zero-order chi connectivity index (χ0) is 25.4. The third-order valence-electron chi connectivity index (χ3n) is 4.79. The van der Waals surface area contributed by atoms with Crippen LogP contribution in [0.2, 0.25) is 0 Å². The molecule has 186 valence electrons. The molecule has 1 aromatic heterocycles. The monoisotopic (exact) mass is 506 g/mol. The molecular formula is C23H25F2N4O5P. The van der Waals surface area contributed by atoms with Crippen molar-refractivity contribution in [3.63, 3.8) is 0 Å². The molecule has 1 atom stereocenters. The van der Waals surface area contributed by atoms with Gasteiger partial charge < -0.3 is 24.8 Å².